The number of nitrogens with zero attached hydrogens (tertiary/aromatic N) is 5. The van der Waals surface area contributed by atoms with Crippen molar-refractivity contribution in [2.24, 2.45) is 5.92 Å². The Morgan fingerprint density at radius 3 is 2.82 bits per heavy atom. The Kier molecular flexibility index (Phi) is 4.53. The van der Waals surface area contributed by atoms with Crippen LogP contribution in [0.3, 0.4) is 0 Å². The van der Waals surface area contributed by atoms with Gasteiger partial charge in [0.05, 0.1) is 11.9 Å². The fourth-order valence-corrected chi connectivity index (χ4v) is 2.74. The van der Waals surface area contributed by atoms with E-state index in [9.17, 15) is 0 Å². The first-order valence-electron chi connectivity index (χ1n) is 7.11. The highest BCUT2D eigenvalue weighted by molar-refractivity contribution is 7.98. The molecule has 0 radical (unpaired) electrons. The number of hydrogen-bond donors (Lipinski definition) is 0. The summed E-state index contributed by atoms with van der Waals surface area (Å²) in [6.07, 6.45) is 1.75. The topological polar surface area (TPSA) is 69.6 Å². The van der Waals surface area contributed by atoms with E-state index >= 15 is 0 Å². The normalized spacial score (nSPS) is 11.2. The van der Waals surface area contributed by atoms with Crippen LogP contribution in [0, 0.1) is 5.92 Å². The molecule has 2 aromatic heterocycles. The highest BCUT2D eigenvalue weighted by Crippen LogP contribution is 2.24. The third-order valence-corrected chi connectivity index (χ3v) is 3.92. The zero-order chi connectivity index (χ0) is 15.4. The lowest BCUT2D eigenvalue weighted by Gasteiger charge is -2.05. The molecular weight excluding hydrogens is 298 g/mol. The molecule has 0 saturated heterocycles. The molecule has 0 aliphatic carbocycles. The first-order chi connectivity index (χ1) is 10.7. The first kappa shape index (κ1) is 14.8. The monoisotopic (exact) mass is 315 g/mol. The average Bonchev–Trinajstić information content (AvgIpc) is 3.15. The van der Waals surface area contributed by atoms with Gasteiger partial charge in [-0.3, -0.25) is 0 Å². The highest BCUT2D eigenvalue weighted by Gasteiger charge is 2.11. The molecule has 22 heavy (non-hydrogen) atoms. The van der Waals surface area contributed by atoms with Crippen LogP contribution in [0.4, 0.5) is 0 Å². The van der Waals surface area contributed by atoms with Gasteiger partial charge in [-0.25, -0.2) is 9.67 Å². The number of tetrazole rings is 1. The summed E-state index contributed by atoms with van der Waals surface area (Å²) >= 11 is 1.53. The van der Waals surface area contributed by atoms with E-state index in [-0.39, 0.29) is 0 Å². The van der Waals surface area contributed by atoms with Crippen LogP contribution in [-0.4, -0.2) is 25.2 Å². The predicted molar refractivity (Wildman–Crippen MR) is 84.2 cm³/mol. The molecule has 0 N–H and O–H groups in total. The maximum Gasteiger partial charge on any atom is 0.209 e. The summed E-state index contributed by atoms with van der Waals surface area (Å²) in [5.41, 5.74) is 1.02. The highest BCUT2D eigenvalue weighted by atomic mass is 32.2. The summed E-state index contributed by atoms with van der Waals surface area (Å²) in [6.45, 7) is 5.07. The van der Waals surface area contributed by atoms with Crippen LogP contribution in [0.2, 0.25) is 0 Å². The van der Waals surface area contributed by atoms with Crippen LogP contribution >= 0.6 is 11.8 Å². The molecule has 1 aromatic carbocycles. The molecular formula is C15H17N5OS. The Balaban J connectivity index is 1.65. The van der Waals surface area contributed by atoms with Crippen molar-refractivity contribution < 1.29 is 4.42 Å². The SMILES string of the molecule is CC(C)Cn1nnnc1SCc1ncc(-c2ccccc2)o1. The molecule has 0 atom stereocenters. The van der Waals surface area contributed by atoms with E-state index in [0.717, 1.165) is 23.0 Å². The van der Waals surface area contributed by atoms with Crippen molar-refractivity contribution in [1.29, 1.82) is 0 Å². The fraction of sp³-hybridized carbons (Fsp3) is 0.333. The molecule has 0 aliphatic heterocycles. The van der Waals surface area contributed by atoms with Crippen molar-refractivity contribution in [2.75, 3.05) is 0 Å². The molecule has 3 rings (SSSR count). The molecule has 3 aromatic rings. The molecule has 2 heterocycles. The first-order valence-corrected chi connectivity index (χ1v) is 8.10. The third-order valence-electron chi connectivity index (χ3n) is 2.97. The molecule has 0 amide bonds. The van der Waals surface area contributed by atoms with Crippen LogP contribution < -0.4 is 0 Å². The van der Waals surface area contributed by atoms with Crippen molar-refractivity contribution >= 4 is 11.8 Å². The second-order valence-corrected chi connectivity index (χ2v) is 6.25. The Bertz CT molecular complexity index is 722. The van der Waals surface area contributed by atoms with E-state index < -0.39 is 0 Å². The number of hydrogen-bond acceptors (Lipinski definition) is 6. The van der Waals surface area contributed by atoms with Crippen LogP contribution in [-0.2, 0) is 12.3 Å². The summed E-state index contributed by atoms with van der Waals surface area (Å²) in [5, 5.41) is 12.6. The lowest BCUT2D eigenvalue weighted by molar-refractivity contribution is 0.445. The van der Waals surface area contributed by atoms with Crippen molar-refractivity contribution in [3.8, 4) is 11.3 Å². The largest absolute Gasteiger partial charge is 0.440 e. The molecule has 7 heteroatoms. The Hall–Kier alpha value is -2.15. The van der Waals surface area contributed by atoms with Gasteiger partial charge in [-0.15, -0.1) is 5.10 Å². The van der Waals surface area contributed by atoms with Crippen molar-refractivity contribution in [1.82, 2.24) is 25.2 Å². The van der Waals surface area contributed by atoms with Gasteiger partial charge in [0.2, 0.25) is 11.0 Å². The number of benzene rings is 1. The van der Waals surface area contributed by atoms with Crippen molar-refractivity contribution in [3.05, 3.63) is 42.4 Å². The molecule has 0 spiro atoms. The van der Waals surface area contributed by atoms with Gasteiger partial charge in [0.15, 0.2) is 5.76 Å². The van der Waals surface area contributed by atoms with E-state index in [2.05, 4.69) is 34.4 Å². The summed E-state index contributed by atoms with van der Waals surface area (Å²) in [6, 6.07) is 9.94. The summed E-state index contributed by atoms with van der Waals surface area (Å²) < 4.78 is 7.60. The van der Waals surface area contributed by atoms with E-state index in [1.165, 1.54) is 11.8 Å². The van der Waals surface area contributed by atoms with Gasteiger partial charge in [0.1, 0.15) is 0 Å². The van der Waals surface area contributed by atoms with Gasteiger partial charge >= 0.3 is 0 Å². The van der Waals surface area contributed by atoms with Crippen molar-refractivity contribution in [3.63, 3.8) is 0 Å². The van der Waals surface area contributed by atoms with E-state index in [1.54, 1.807) is 6.20 Å². The third kappa shape index (κ3) is 3.54. The Labute approximate surface area is 132 Å². The second kappa shape index (κ2) is 6.74. The zero-order valence-corrected chi connectivity index (χ0v) is 13.3. The smallest absolute Gasteiger partial charge is 0.209 e. The van der Waals surface area contributed by atoms with Crippen LogP contribution in [0.5, 0.6) is 0 Å². The Morgan fingerprint density at radius 2 is 2.05 bits per heavy atom. The molecule has 114 valence electrons. The quantitative estimate of drug-likeness (QED) is 0.650. The standard InChI is InChI=1S/C15H17N5OS/c1-11(2)9-20-15(17-18-19-20)22-10-14-16-8-13(21-14)12-6-4-3-5-7-12/h3-8,11H,9-10H2,1-2H3. The molecule has 0 saturated carbocycles. The molecule has 6 nitrogen and oxygen atoms in total. The minimum atomic E-state index is 0.495. The molecule has 0 bridgehead atoms. The second-order valence-electron chi connectivity index (χ2n) is 5.31. The predicted octanol–water partition coefficient (Wildman–Crippen LogP) is 3.28. The lowest BCUT2D eigenvalue weighted by Crippen LogP contribution is -2.07. The van der Waals surface area contributed by atoms with E-state index in [4.69, 9.17) is 4.42 Å². The van der Waals surface area contributed by atoms with Gasteiger partial charge in [-0.1, -0.05) is 55.9 Å². The molecule has 0 unspecified atom stereocenters. The summed E-state index contributed by atoms with van der Waals surface area (Å²) in [7, 11) is 0. The van der Waals surface area contributed by atoms with Gasteiger partial charge in [0.25, 0.3) is 0 Å². The number of oxazole rings is 1. The van der Waals surface area contributed by atoms with Gasteiger partial charge in [-0.05, 0) is 16.3 Å². The minimum absolute atomic E-state index is 0.495. The van der Waals surface area contributed by atoms with Gasteiger partial charge in [-0.2, -0.15) is 0 Å². The maximum absolute atomic E-state index is 5.78. The van der Waals surface area contributed by atoms with Crippen LogP contribution in [0.15, 0.2) is 46.1 Å². The van der Waals surface area contributed by atoms with E-state index in [0.29, 0.717) is 17.6 Å². The van der Waals surface area contributed by atoms with Crippen molar-refractivity contribution in [2.45, 2.75) is 31.3 Å². The van der Waals surface area contributed by atoms with Gasteiger partial charge < -0.3 is 4.42 Å². The fourth-order valence-electron chi connectivity index (χ4n) is 2.00. The van der Waals surface area contributed by atoms with Crippen LogP contribution in [0.25, 0.3) is 11.3 Å². The van der Waals surface area contributed by atoms with Crippen LogP contribution in [0.1, 0.15) is 19.7 Å². The Morgan fingerprint density at radius 1 is 1.23 bits per heavy atom. The lowest BCUT2D eigenvalue weighted by atomic mass is 10.2. The summed E-state index contributed by atoms with van der Waals surface area (Å²) in [4.78, 5) is 4.32. The zero-order valence-electron chi connectivity index (χ0n) is 12.5. The number of rotatable bonds is 6. The minimum Gasteiger partial charge on any atom is -0.440 e. The molecule has 0 fully saturated rings. The molecule has 0 aliphatic rings. The van der Waals surface area contributed by atoms with Gasteiger partial charge in [0, 0.05) is 12.1 Å². The number of aromatic nitrogens is 5. The maximum atomic E-state index is 5.78. The summed E-state index contributed by atoms with van der Waals surface area (Å²) in [5.74, 6) is 2.54. The number of thioether (sulfide) groups is 1. The average molecular weight is 315 g/mol. The van der Waals surface area contributed by atoms with E-state index in [1.807, 2.05) is 35.0 Å².